The zero-order valence-corrected chi connectivity index (χ0v) is 20.0. The summed E-state index contributed by atoms with van der Waals surface area (Å²) in [6, 6.07) is 8.27. The van der Waals surface area contributed by atoms with E-state index < -0.39 is 5.79 Å². The number of hydroxylamine groups is 2. The monoisotopic (exact) mass is 433 g/mol. The normalized spacial score (nSPS) is 28.4. The molecule has 1 unspecified atom stereocenters. The Bertz CT molecular complexity index is 724. The van der Waals surface area contributed by atoms with Crippen LogP contribution in [0.1, 0.15) is 59.9 Å². The van der Waals surface area contributed by atoms with Crippen molar-refractivity contribution in [3.05, 3.63) is 29.8 Å². The smallest absolute Gasteiger partial charge is 0.171 e. The molecule has 31 heavy (non-hydrogen) atoms. The van der Waals surface area contributed by atoms with Crippen molar-refractivity contribution in [3.8, 4) is 5.75 Å². The number of hydrogen-bond donors (Lipinski definition) is 0. The largest absolute Gasteiger partial charge is 0.491 e. The van der Waals surface area contributed by atoms with Crippen molar-refractivity contribution in [2.75, 3.05) is 33.0 Å². The fraction of sp³-hybridized carbons (Fsp3) is 0.760. The number of epoxide rings is 1. The van der Waals surface area contributed by atoms with Gasteiger partial charge in [0.1, 0.15) is 18.5 Å². The van der Waals surface area contributed by atoms with Gasteiger partial charge in [0.2, 0.25) is 0 Å². The summed E-state index contributed by atoms with van der Waals surface area (Å²) >= 11 is 0. The van der Waals surface area contributed by atoms with Crippen molar-refractivity contribution < 1.29 is 23.8 Å². The molecule has 3 aliphatic heterocycles. The number of benzene rings is 1. The van der Waals surface area contributed by atoms with Gasteiger partial charge in [-0.05, 0) is 51.8 Å². The quantitative estimate of drug-likeness (QED) is 0.596. The van der Waals surface area contributed by atoms with Crippen LogP contribution in [0.25, 0.3) is 0 Å². The molecular weight excluding hydrogens is 394 g/mol. The van der Waals surface area contributed by atoms with E-state index in [4.69, 9.17) is 23.8 Å². The van der Waals surface area contributed by atoms with E-state index in [0.29, 0.717) is 13.2 Å². The van der Waals surface area contributed by atoms with Crippen LogP contribution < -0.4 is 4.74 Å². The fourth-order valence-corrected chi connectivity index (χ4v) is 4.99. The summed E-state index contributed by atoms with van der Waals surface area (Å²) in [6.07, 6.45) is 2.70. The molecule has 1 atom stereocenters. The molecule has 3 aliphatic rings. The molecule has 3 heterocycles. The molecule has 0 amide bonds. The van der Waals surface area contributed by atoms with Gasteiger partial charge in [0.15, 0.2) is 5.79 Å². The Hall–Kier alpha value is -1.18. The van der Waals surface area contributed by atoms with Crippen LogP contribution in [0.3, 0.4) is 0 Å². The molecule has 4 rings (SSSR count). The number of nitrogens with zero attached hydrogens (tertiary/aromatic N) is 1. The van der Waals surface area contributed by atoms with Crippen molar-refractivity contribution in [3.63, 3.8) is 0 Å². The second-order valence-corrected chi connectivity index (χ2v) is 11.4. The van der Waals surface area contributed by atoms with Gasteiger partial charge < -0.3 is 18.9 Å². The first-order valence-corrected chi connectivity index (χ1v) is 11.5. The van der Waals surface area contributed by atoms with Crippen LogP contribution in [0.2, 0.25) is 0 Å². The lowest BCUT2D eigenvalue weighted by atomic mass is 9.77. The Morgan fingerprint density at radius 3 is 2.06 bits per heavy atom. The highest BCUT2D eigenvalue weighted by molar-refractivity contribution is 5.27. The number of ether oxygens (including phenoxy) is 4. The van der Waals surface area contributed by atoms with E-state index in [1.165, 1.54) is 5.56 Å². The molecular formula is C25H39NO5. The van der Waals surface area contributed by atoms with E-state index in [1.807, 2.05) is 12.1 Å². The molecule has 6 nitrogen and oxygen atoms in total. The second-order valence-electron chi connectivity index (χ2n) is 11.4. The molecule has 1 spiro atoms. The van der Waals surface area contributed by atoms with E-state index in [2.05, 4.69) is 58.7 Å². The number of hydrogen-bond acceptors (Lipinski definition) is 6. The molecule has 0 radical (unpaired) electrons. The average Bonchev–Trinajstić information content (AvgIpc) is 3.50. The minimum absolute atomic E-state index is 0.0689. The number of rotatable bonds is 7. The first-order valence-electron chi connectivity index (χ1n) is 11.5. The van der Waals surface area contributed by atoms with Crippen LogP contribution in [0.4, 0.5) is 0 Å². The fourth-order valence-electron chi connectivity index (χ4n) is 4.99. The Labute approximate surface area is 187 Å². The molecule has 3 fully saturated rings. The summed E-state index contributed by atoms with van der Waals surface area (Å²) in [4.78, 5) is 6.38. The van der Waals surface area contributed by atoms with Gasteiger partial charge in [-0.2, -0.15) is 5.06 Å². The average molecular weight is 434 g/mol. The standard InChI is InChI=1S/C25H39NO5/c1-22(2)17-29-25(30-18-22)15-23(3,4)26(24(5,6)16-25)31-12-11-19-7-9-20(10-8-19)27-13-21-14-28-21/h7-10,21H,11-18H2,1-6H3. The van der Waals surface area contributed by atoms with Crippen LogP contribution in [-0.2, 0) is 25.5 Å². The van der Waals surface area contributed by atoms with Crippen molar-refractivity contribution >= 4 is 0 Å². The van der Waals surface area contributed by atoms with Gasteiger partial charge in [0.25, 0.3) is 0 Å². The van der Waals surface area contributed by atoms with Crippen molar-refractivity contribution in [2.45, 2.75) is 83.8 Å². The zero-order chi connectivity index (χ0) is 22.3. The third kappa shape index (κ3) is 5.60. The zero-order valence-electron chi connectivity index (χ0n) is 20.0. The lowest BCUT2D eigenvalue weighted by Gasteiger charge is -2.59. The first-order chi connectivity index (χ1) is 14.5. The van der Waals surface area contributed by atoms with Gasteiger partial charge >= 0.3 is 0 Å². The maximum atomic E-state index is 6.38. The molecule has 1 aromatic carbocycles. The maximum absolute atomic E-state index is 6.38. The number of piperidine rings is 1. The van der Waals surface area contributed by atoms with E-state index >= 15 is 0 Å². The summed E-state index contributed by atoms with van der Waals surface area (Å²) in [5.74, 6) is 0.364. The summed E-state index contributed by atoms with van der Waals surface area (Å²) in [5.41, 5.74) is 0.900. The Kier molecular flexibility index (Phi) is 6.16. The van der Waals surface area contributed by atoms with Crippen LogP contribution >= 0.6 is 0 Å². The van der Waals surface area contributed by atoms with Gasteiger partial charge in [0, 0.05) is 29.3 Å². The van der Waals surface area contributed by atoms with Gasteiger partial charge in [-0.25, -0.2) is 0 Å². The topological polar surface area (TPSA) is 52.7 Å². The Balaban J connectivity index is 1.31. The second kappa shape index (κ2) is 8.31. The van der Waals surface area contributed by atoms with Gasteiger partial charge in [-0.3, -0.25) is 4.84 Å². The molecule has 0 aliphatic carbocycles. The predicted molar refractivity (Wildman–Crippen MR) is 119 cm³/mol. The molecule has 0 bridgehead atoms. The van der Waals surface area contributed by atoms with E-state index in [-0.39, 0.29) is 22.6 Å². The predicted octanol–water partition coefficient (Wildman–Crippen LogP) is 4.36. The van der Waals surface area contributed by atoms with Crippen LogP contribution in [0, 0.1) is 5.41 Å². The summed E-state index contributed by atoms with van der Waals surface area (Å²) in [6.45, 7) is 16.8. The molecule has 0 aromatic heterocycles. The van der Waals surface area contributed by atoms with Gasteiger partial charge in [-0.15, -0.1) is 0 Å². The lowest BCUT2D eigenvalue weighted by molar-refractivity contribution is -0.380. The van der Waals surface area contributed by atoms with E-state index in [0.717, 1.165) is 44.8 Å². The highest BCUT2D eigenvalue weighted by atomic mass is 16.7. The van der Waals surface area contributed by atoms with Crippen LogP contribution in [-0.4, -0.2) is 61.1 Å². The molecule has 3 saturated heterocycles. The van der Waals surface area contributed by atoms with E-state index in [1.54, 1.807) is 0 Å². The molecule has 174 valence electrons. The lowest BCUT2D eigenvalue weighted by Crippen LogP contribution is -2.68. The summed E-state index contributed by atoms with van der Waals surface area (Å²) < 4.78 is 23.6. The molecule has 6 heteroatoms. The van der Waals surface area contributed by atoms with Crippen molar-refractivity contribution in [1.82, 2.24) is 5.06 Å². The van der Waals surface area contributed by atoms with Gasteiger partial charge in [0.05, 0.1) is 26.4 Å². The molecule has 1 aromatic rings. The third-order valence-electron chi connectivity index (χ3n) is 6.33. The maximum Gasteiger partial charge on any atom is 0.171 e. The molecule has 0 N–H and O–H groups in total. The molecule has 0 saturated carbocycles. The van der Waals surface area contributed by atoms with Crippen LogP contribution in [0.5, 0.6) is 5.75 Å². The van der Waals surface area contributed by atoms with Crippen molar-refractivity contribution in [1.29, 1.82) is 0 Å². The highest BCUT2D eigenvalue weighted by Crippen LogP contribution is 2.48. The van der Waals surface area contributed by atoms with Gasteiger partial charge in [-0.1, -0.05) is 26.0 Å². The Morgan fingerprint density at radius 2 is 1.52 bits per heavy atom. The third-order valence-corrected chi connectivity index (χ3v) is 6.33. The summed E-state index contributed by atoms with van der Waals surface area (Å²) in [7, 11) is 0. The van der Waals surface area contributed by atoms with E-state index in [9.17, 15) is 0 Å². The SMILES string of the molecule is CC1(C)COC2(CC(C)(C)N(OCCc3ccc(OCC4CO4)cc3)C(C)(C)C2)OC1. The minimum Gasteiger partial charge on any atom is -0.491 e. The first kappa shape index (κ1) is 23.0. The summed E-state index contributed by atoms with van der Waals surface area (Å²) in [5, 5.41) is 2.17. The highest BCUT2D eigenvalue weighted by Gasteiger charge is 2.56. The van der Waals surface area contributed by atoms with Crippen molar-refractivity contribution in [2.24, 2.45) is 5.41 Å². The Morgan fingerprint density at radius 1 is 0.935 bits per heavy atom. The van der Waals surface area contributed by atoms with Crippen LogP contribution in [0.15, 0.2) is 24.3 Å². The minimum atomic E-state index is -0.524.